The third kappa shape index (κ3) is 3.58. The minimum atomic E-state index is -0.644. The van der Waals surface area contributed by atoms with Gasteiger partial charge in [-0.05, 0) is 18.6 Å². The van der Waals surface area contributed by atoms with Crippen LogP contribution >= 0.6 is 0 Å². The smallest absolute Gasteiger partial charge is 0.220 e. The quantitative estimate of drug-likeness (QED) is 0.791. The van der Waals surface area contributed by atoms with Crippen LogP contribution in [0.25, 0.3) is 0 Å². The second kappa shape index (κ2) is 6.17. The SMILES string of the molecule is O=C(CCc1c(F)cccc1F)NCCO. The average molecular weight is 229 g/mol. The van der Waals surface area contributed by atoms with Gasteiger partial charge in [-0.1, -0.05) is 6.07 Å². The first kappa shape index (κ1) is 12.6. The summed E-state index contributed by atoms with van der Waals surface area (Å²) in [7, 11) is 0. The van der Waals surface area contributed by atoms with Crippen LogP contribution in [0.5, 0.6) is 0 Å². The first-order valence-corrected chi connectivity index (χ1v) is 4.95. The largest absolute Gasteiger partial charge is 0.395 e. The highest BCUT2D eigenvalue weighted by Crippen LogP contribution is 2.13. The van der Waals surface area contributed by atoms with Gasteiger partial charge in [-0.2, -0.15) is 0 Å². The van der Waals surface area contributed by atoms with E-state index in [0.29, 0.717) is 0 Å². The minimum Gasteiger partial charge on any atom is -0.395 e. The topological polar surface area (TPSA) is 49.3 Å². The van der Waals surface area contributed by atoms with E-state index in [9.17, 15) is 13.6 Å². The molecule has 1 rings (SSSR count). The minimum absolute atomic E-state index is 0.00213. The Labute approximate surface area is 92.1 Å². The summed E-state index contributed by atoms with van der Waals surface area (Å²) in [4.78, 5) is 11.1. The number of halogens is 2. The van der Waals surface area contributed by atoms with Crippen molar-refractivity contribution in [1.29, 1.82) is 0 Å². The van der Waals surface area contributed by atoms with E-state index in [1.807, 2.05) is 0 Å². The Hall–Kier alpha value is -1.49. The molecule has 2 N–H and O–H groups in total. The fourth-order valence-electron chi connectivity index (χ4n) is 1.29. The molecule has 0 heterocycles. The summed E-state index contributed by atoms with van der Waals surface area (Å²) in [5, 5.41) is 10.9. The monoisotopic (exact) mass is 229 g/mol. The van der Waals surface area contributed by atoms with E-state index in [2.05, 4.69) is 5.32 Å². The average Bonchev–Trinajstić information content (AvgIpc) is 2.25. The van der Waals surface area contributed by atoms with Gasteiger partial charge in [-0.15, -0.1) is 0 Å². The molecule has 0 aromatic heterocycles. The molecule has 1 aromatic rings. The van der Waals surface area contributed by atoms with Gasteiger partial charge in [-0.25, -0.2) is 8.78 Å². The number of hydrogen-bond acceptors (Lipinski definition) is 2. The second-order valence-corrected chi connectivity index (χ2v) is 3.27. The highest BCUT2D eigenvalue weighted by Gasteiger charge is 2.10. The molecule has 5 heteroatoms. The molecule has 16 heavy (non-hydrogen) atoms. The van der Waals surface area contributed by atoms with Gasteiger partial charge >= 0.3 is 0 Å². The molecule has 0 atom stereocenters. The third-order valence-corrected chi connectivity index (χ3v) is 2.10. The zero-order chi connectivity index (χ0) is 12.0. The van der Waals surface area contributed by atoms with E-state index >= 15 is 0 Å². The molecule has 0 bridgehead atoms. The summed E-state index contributed by atoms with van der Waals surface area (Å²) in [6, 6.07) is 3.59. The summed E-state index contributed by atoms with van der Waals surface area (Å²) >= 11 is 0. The van der Waals surface area contributed by atoms with Crippen molar-refractivity contribution in [1.82, 2.24) is 5.32 Å². The van der Waals surface area contributed by atoms with Gasteiger partial charge in [-0.3, -0.25) is 4.79 Å². The van der Waals surface area contributed by atoms with Crippen LogP contribution in [0, 0.1) is 11.6 Å². The lowest BCUT2D eigenvalue weighted by molar-refractivity contribution is -0.121. The predicted molar refractivity (Wildman–Crippen MR) is 54.8 cm³/mol. The number of aliphatic hydroxyl groups excluding tert-OH is 1. The maximum Gasteiger partial charge on any atom is 0.220 e. The Morgan fingerprint density at radius 2 is 1.94 bits per heavy atom. The predicted octanol–water partition coefficient (Wildman–Crippen LogP) is 1.01. The summed E-state index contributed by atoms with van der Waals surface area (Å²) in [6.07, 6.45) is 0.00756. The standard InChI is InChI=1S/C11H13F2NO2/c12-9-2-1-3-10(13)8(9)4-5-11(16)14-6-7-15/h1-3,15H,4-7H2,(H,14,16). The fourth-order valence-corrected chi connectivity index (χ4v) is 1.29. The maximum absolute atomic E-state index is 13.1. The first-order chi connectivity index (χ1) is 7.65. The number of carbonyl (C=O) groups is 1. The van der Waals surface area contributed by atoms with Crippen LogP contribution in [-0.2, 0) is 11.2 Å². The van der Waals surface area contributed by atoms with Crippen molar-refractivity contribution in [2.75, 3.05) is 13.2 Å². The second-order valence-electron chi connectivity index (χ2n) is 3.27. The Morgan fingerprint density at radius 1 is 1.31 bits per heavy atom. The van der Waals surface area contributed by atoms with E-state index in [-0.39, 0.29) is 37.5 Å². The lowest BCUT2D eigenvalue weighted by Crippen LogP contribution is -2.26. The van der Waals surface area contributed by atoms with E-state index in [1.165, 1.54) is 6.07 Å². The van der Waals surface area contributed by atoms with Gasteiger partial charge in [0.1, 0.15) is 11.6 Å². The number of amides is 1. The van der Waals surface area contributed by atoms with Gasteiger partial charge in [0, 0.05) is 18.5 Å². The molecule has 0 radical (unpaired) electrons. The summed E-state index contributed by atoms with van der Waals surface area (Å²) < 4.78 is 26.3. The Bertz CT molecular complexity index is 349. The first-order valence-electron chi connectivity index (χ1n) is 4.95. The highest BCUT2D eigenvalue weighted by atomic mass is 19.1. The van der Waals surface area contributed by atoms with Gasteiger partial charge in [0.05, 0.1) is 6.61 Å². The summed E-state index contributed by atoms with van der Waals surface area (Å²) in [6.45, 7) is -0.00160. The van der Waals surface area contributed by atoms with Crippen LogP contribution in [0.15, 0.2) is 18.2 Å². The van der Waals surface area contributed by atoms with E-state index in [0.717, 1.165) is 12.1 Å². The highest BCUT2D eigenvalue weighted by molar-refractivity contribution is 5.76. The zero-order valence-corrected chi connectivity index (χ0v) is 8.67. The van der Waals surface area contributed by atoms with Crippen molar-refractivity contribution in [3.8, 4) is 0 Å². The Balaban J connectivity index is 2.51. The van der Waals surface area contributed by atoms with Crippen molar-refractivity contribution < 1.29 is 18.7 Å². The molecule has 0 saturated carbocycles. The van der Waals surface area contributed by atoms with Crippen molar-refractivity contribution in [2.45, 2.75) is 12.8 Å². The van der Waals surface area contributed by atoms with Crippen molar-refractivity contribution in [3.63, 3.8) is 0 Å². The van der Waals surface area contributed by atoms with Gasteiger partial charge < -0.3 is 10.4 Å². The Kier molecular flexibility index (Phi) is 4.85. The van der Waals surface area contributed by atoms with Crippen molar-refractivity contribution in [3.05, 3.63) is 35.4 Å². The van der Waals surface area contributed by atoms with Crippen LogP contribution in [0.1, 0.15) is 12.0 Å². The molecule has 3 nitrogen and oxygen atoms in total. The summed E-state index contributed by atoms with van der Waals surface area (Å²) in [5.74, 6) is -1.62. The number of nitrogens with one attached hydrogen (secondary N) is 1. The molecule has 0 aliphatic rings. The van der Waals surface area contributed by atoms with Crippen molar-refractivity contribution in [2.24, 2.45) is 0 Å². The molecule has 0 spiro atoms. The number of rotatable bonds is 5. The van der Waals surface area contributed by atoms with Gasteiger partial charge in [0.2, 0.25) is 5.91 Å². The number of carbonyl (C=O) groups excluding carboxylic acids is 1. The third-order valence-electron chi connectivity index (χ3n) is 2.10. The molecular weight excluding hydrogens is 216 g/mol. The number of aliphatic hydroxyl groups is 1. The van der Waals surface area contributed by atoms with E-state index in [4.69, 9.17) is 5.11 Å². The van der Waals surface area contributed by atoms with Crippen LogP contribution in [-0.4, -0.2) is 24.2 Å². The molecule has 88 valence electrons. The molecule has 1 aromatic carbocycles. The molecular formula is C11H13F2NO2. The van der Waals surface area contributed by atoms with Crippen LogP contribution in [0.2, 0.25) is 0 Å². The fraction of sp³-hybridized carbons (Fsp3) is 0.364. The van der Waals surface area contributed by atoms with Crippen LogP contribution in [0.4, 0.5) is 8.78 Å². The zero-order valence-electron chi connectivity index (χ0n) is 8.67. The molecule has 0 aliphatic heterocycles. The number of hydrogen-bond donors (Lipinski definition) is 2. The molecule has 0 aliphatic carbocycles. The normalized spacial score (nSPS) is 10.2. The van der Waals surface area contributed by atoms with Crippen LogP contribution < -0.4 is 5.32 Å². The molecule has 0 saturated heterocycles. The summed E-state index contributed by atoms with van der Waals surface area (Å²) in [5.41, 5.74) is -0.0818. The maximum atomic E-state index is 13.1. The van der Waals surface area contributed by atoms with Crippen molar-refractivity contribution >= 4 is 5.91 Å². The van der Waals surface area contributed by atoms with E-state index < -0.39 is 11.6 Å². The van der Waals surface area contributed by atoms with Crippen LogP contribution in [0.3, 0.4) is 0 Å². The van der Waals surface area contributed by atoms with Gasteiger partial charge in [0.15, 0.2) is 0 Å². The molecule has 0 fully saturated rings. The van der Waals surface area contributed by atoms with E-state index in [1.54, 1.807) is 0 Å². The Morgan fingerprint density at radius 3 is 2.50 bits per heavy atom. The number of benzene rings is 1. The lowest BCUT2D eigenvalue weighted by Gasteiger charge is -2.05. The molecule has 0 unspecified atom stereocenters. The van der Waals surface area contributed by atoms with Gasteiger partial charge in [0.25, 0.3) is 0 Å². The lowest BCUT2D eigenvalue weighted by atomic mass is 10.1. The molecule has 1 amide bonds.